The standard InChI is InChI=1S/C22H21FN2O4S/c1-29-20-12(16-8-10-2-7-15(23)17(24)21(10)30-16)5-6-13-18(20)25(11-3-4-11)9-14(19(13)26)22(27)28/h5-6,8-9,11,15,17H,2-4,7,24H2,1H3,(H,27,28). The Kier molecular flexibility index (Phi) is 4.44. The summed E-state index contributed by atoms with van der Waals surface area (Å²) in [6.07, 6.45) is 3.29. The van der Waals surface area contributed by atoms with Gasteiger partial charge in [0.25, 0.3) is 0 Å². The van der Waals surface area contributed by atoms with Crippen molar-refractivity contribution >= 4 is 28.2 Å². The van der Waals surface area contributed by atoms with Gasteiger partial charge >= 0.3 is 5.97 Å². The maximum absolute atomic E-state index is 14.1. The molecule has 2 heterocycles. The zero-order valence-corrected chi connectivity index (χ0v) is 17.2. The normalized spacial score (nSPS) is 20.9. The molecule has 3 aromatic rings. The first-order chi connectivity index (χ1) is 14.4. The van der Waals surface area contributed by atoms with E-state index in [4.69, 9.17) is 10.5 Å². The van der Waals surface area contributed by atoms with Crippen LogP contribution in [0, 0.1) is 0 Å². The van der Waals surface area contributed by atoms with Crippen molar-refractivity contribution in [1.82, 2.24) is 4.57 Å². The quantitative estimate of drug-likeness (QED) is 0.654. The third kappa shape index (κ3) is 2.86. The molecule has 2 atom stereocenters. The number of aromatic carboxylic acids is 1. The molecule has 156 valence electrons. The van der Waals surface area contributed by atoms with Gasteiger partial charge in [-0.15, -0.1) is 11.3 Å². The van der Waals surface area contributed by atoms with E-state index >= 15 is 0 Å². The van der Waals surface area contributed by atoms with E-state index < -0.39 is 23.6 Å². The predicted molar refractivity (Wildman–Crippen MR) is 113 cm³/mol. The van der Waals surface area contributed by atoms with Crippen LogP contribution in [0.25, 0.3) is 21.3 Å². The fourth-order valence-corrected chi connectivity index (χ4v) is 5.59. The number of alkyl halides is 1. The number of pyridine rings is 1. The molecule has 0 spiro atoms. The van der Waals surface area contributed by atoms with E-state index in [1.807, 2.05) is 10.6 Å². The summed E-state index contributed by atoms with van der Waals surface area (Å²) in [6.45, 7) is 0. The number of methoxy groups -OCH3 is 1. The number of halogens is 1. The molecule has 1 saturated carbocycles. The molecule has 5 rings (SSSR count). The number of nitrogens with zero attached hydrogens (tertiary/aromatic N) is 1. The number of nitrogens with two attached hydrogens (primary N) is 1. The molecular weight excluding hydrogens is 407 g/mol. The molecule has 1 fully saturated rings. The first-order valence-corrected chi connectivity index (χ1v) is 10.7. The lowest BCUT2D eigenvalue weighted by Crippen LogP contribution is -2.26. The van der Waals surface area contributed by atoms with Gasteiger partial charge in [-0.25, -0.2) is 9.18 Å². The zero-order chi connectivity index (χ0) is 21.2. The predicted octanol–water partition coefficient (Wildman–Crippen LogP) is 4.06. The lowest BCUT2D eigenvalue weighted by molar-refractivity contribution is 0.0695. The summed E-state index contributed by atoms with van der Waals surface area (Å²) in [6, 6.07) is 4.99. The van der Waals surface area contributed by atoms with E-state index in [0.29, 0.717) is 29.5 Å². The summed E-state index contributed by atoms with van der Waals surface area (Å²) in [5.41, 5.74) is 7.77. The zero-order valence-electron chi connectivity index (χ0n) is 16.4. The summed E-state index contributed by atoms with van der Waals surface area (Å²) >= 11 is 1.45. The first-order valence-electron chi connectivity index (χ1n) is 9.92. The average molecular weight is 428 g/mol. The van der Waals surface area contributed by atoms with Crippen LogP contribution in [0.4, 0.5) is 4.39 Å². The van der Waals surface area contributed by atoms with Crippen LogP contribution in [0.3, 0.4) is 0 Å². The number of hydrogen-bond acceptors (Lipinski definition) is 5. The van der Waals surface area contributed by atoms with Crippen LogP contribution in [-0.2, 0) is 6.42 Å². The number of carboxylic acid groups (broad SMARTS) is 1. The van der Waals surface area contributed by atoms with Crippen LogP contribution in [0.5, 0.6) is 5.75 Å². The average Bonchev–Trinajstić information content (AvgIpc) is 3.48. The summed E-state index contributed by atoms with van der Waals surface area (Å²) < 4.78 is 21.7. The minimum Gasteiger partial charge on any atom is -0.494 e. The maximum Gasteiger partial charge on any atom is 0.341 e. The summed E-state index contributed by atoms with van der Waals surface area (Å²) in [7, 11) is 1.54. The van der Waals surface area contributed by atoms with Gasteiger partial charge in [-0.2, -0.15) is 0 Å². The highest BCUT2D eigenvalue weighted by atomic mass is 32.1. The fourth-order valence-electron chi connectivity index (χ4n) is 4.30. The Morgan fingerprint density at radius 1 is 1.33 bits per heavy atom. The highest BCUT2D eigenvalue weighted by molar-refractivity contribution is 7.15. The Bertz CT molecular complexity index is 1240. The van der Waals surface area contributed by atoms with Crippen molar-refractivity contribution in [2.75, 3.05) is 7.11 Å². The van der Waals surface area contributed by atoms with Gasteiger partial charge in [0.05, 0.1) is 24.1 Å². The molecule has 0 aliphatic heterocycles. The molecule has 30 heavy (non-hydrogen) atoms. The molecule has 1 aromatic carbocycles. The number of aryl methyl sites for hydroxylation is 1. The van der Waals surface area contributed by atoms with E-state index in [1.165, 1.54) is 17.5 Å². The first kappa shape index (κ1) is 19.3. The summed E-state index contributed by atoms with van der Waals surface area (Å²) in [5.74, 6) is -0.711. The number of ether oxygens (including phenoxy) is 1. The Balaban J connectivity index is 1.77. The monoisotopic (exact) mass is 428 g/mol. The second-order valence-corrected chi connectivity index (χ2v) is 9.02. The number of rotatable bonds is 4. The van der Waals surface area contributed by atoms with Crippen molar-refractivity contribution in [1.29, 1.82) is 0 Å². The molecule has 3 N–H and O–H groups in total. The van der Waals surface area contributed by atoms with Crippen molar-refractivity contribution in [3.63, 3.8) is 0 Å². The van der Waals surface area contributed by atoms with Gasteiger partial charge in [-0.3, -0.25) is 4.79 Å². The van der Waals surface area contributed by atoms with Crippen LogP contribution >= 0.6 is 11.3 Å². The van der Waals surface area contributed by atoms with Crippen LogP contribution < -0.4 is 15.9 Å². The largest absolute Gasteiger partial charge is 0.494 e. The Hall–Kier alpha value is -2.71. The van der Waals surface area contributed by atoms with Crippen LogP contribution in [0.2, 0.25) is 0 Å². The number of benzene rings is 1. The smallest absolute Gasteiger partial charge is 0.341 e. The van der Waals surface area contributed by atoms with Gasteiger partial charge in [0, 0.05) is 27.6 Å². The second kappa shape index (κ2) is 6.92. The highest BCUT2D eigenvalue weighted by Crippen LogP contribution is 2.46. The molecule has 8 heteroatoms. The van der Waals surface area contributed by atoms with Crippen molar-refractivity contribution in [2.45, 2.75) is 43.9 Å². The van der Waals surface area contributed by atoms with E-state index in [1.54, 1.807) is 19.2 Å². The van der Waals surface area contributed by atoms with Crippen LogP contribution in [0.15, 0.2) is 29.2 Å². The lowest BCUT2D eigenvalue weighted by Gasteiger charge is -2.22. The Labute approximate surface area is 175 Å². The minimum absolute atomic E-state index is 0.146. The van der Waals surface area contributed by atoms with E-state index in [2.05, 4.69) is 0 Å². The number of hydrogen-bond donors (Lipinski definition) is 2. The summed E-state index contributed by atoms with van der Waals surface area (Å²) in [4.78, 5) is 26.2. The van der Waals surface area contributed by atoms with Gasteiger partial charge < -0.3 is 20.1 Å². The molecular formula is C22H21FN2O4S. The van der Waals surface area contributed by atoms with Gasteiger partial charge in [0.15, 0.2) is 5.75 Å². The molecule has 2 aliphatic rings. The van der Waals surface area contributed by atoms with Crippen molar-refractivity contribution in [3.05, 3.63) is 50.6 Å². The summed E-state index contributed by atoms with van der Waals surface area (Å²) in [5, 5.41) is 9.79. The molecule has 2 aromatic heterocycles. The van der Waals surface area contributed by atoms with Crippen molar-refractivity contribution in [2.24, 2.45) is 5.73 Å². The number of carbonyl (C=O) groups is 1. The molecule has 6 nitrogen and oxygen atoms in total. The van der Waals surface area contributed by atoms with Gasteiger partial charge in [0.2, 0.25) is 5.43 Å². The maximum atomic E-state index is 14.1. The SMILES string of the molecule is COc1c(-c2cc3c(s2)C(N)C(F)CC3)ccc2c(=O)c(C(=O)O)cn(C3CC3)c12. The van der Waals surface area contributed by atoms with E-state index in [-0.39, 0.29) is 11.6 Å². The molecule has 0 amide bonds. The Morgan fingerprint density at radius 2 is 2.10 bits per heavy atom. The Morgan fingerprint density at radius 3 is 2.77 bits per heavy atom. The minimum atomic E-state index is -1.24. The number of fused-ring (bicyclic) bond motifs is 2. The third-order valence-electron chi connectivity index (χ3n) is 6.01. The third-order valence-corrected chi connectivity index (χ3v) is 7.32. The fraction of sp³-hybridized carbons (Fsp3) is 0.364. The van der Waals surface area contributed by atoms with Gasteiger partial charge in [0.1, 0.15) is 11.7 Å². The van der Waals surface area contributed by atoms with Gasteiger partial charge in [-0.05, 0) is 49.4 Å². The number of carboxylic acids is 1. The van der Waals surface area contributed by atoms with Crippen LogP contribution in [-0.4, -0.2) is 28.9 Å². The van der Waals surface area contributed by atoms with Gasteiger partial charge in [-0.1, -0.05) is 0 Å². The van der Waals surface area contributed by atoms with Crippen molar-refractivity contribution in [3.8, 4) is 16.2 Å². The topological polar surface area (TPSA) is 94.6 Å². The van der Waals surface area contributed by atoms with Crippen LogP contribution in [0.1, 0.15) is 52.1 Å². The number of aromatic nitrogens is 1. The molecule has 2 aliphatic carbocycles. The number of thiophene rings is 1. The van der Waals surface area contributed by atoms with E-state index in [9.17, 15) is 19.1 Å². The highest BCUT2D eigenvalue weighted by Gasteiger charge is 2.31. The lowest BCUT2D eigenvalue weighted by atomic mass is 9.93. The molecule has 0 bridgehead atoms. The second-order valence-electron chi connectivity index (χ2n) is 7.94. The molecule has 2 unspecified atom stereocenters. The van der Waals surface area contributed by atoms with Crippen molar-refractivity contribution < 1.29 is 19.0 Å². The molecule has 0 saturated heterocycles. The van der Waals surface area contributed by atoms with E-state index in [0.717, 1.165) is 33.7 Å². The molecule has 0 radical (unpaired) electrons.